The molecule has 4 heteroatoms. The van der Waals surface area contributed by atoms with E-state index in [0.717, 1.165) is 38.4 Å². The Morgan fingerprint density at radius 1 is 1.44 bits per heavy atom. The number of nitrogens with one attached hydrogen (secondary N) is 2. The van der Waals surface area contributed by atoms with Gasteiger partial charge in [0.25, 0.3) is 0 Å². The van der Waals surface area contributed by atoms with E-state index in [4.69, 9.17) is 0 Å². The second-order valence-electron chi connectivity index (χ2n) is 6.28. The van der Waals surface area contributed by atoms with Crippen LogP contribution in [0.25, 0.3) is 0 Å². The monoisotopic (exact) mass is 251 g/mol. The zero-order chi connectivity index (χ0) is 12.6. The van der Waals surface area contributed by atoms with Crippen LogP contribution in [0.3, 0.4) is 0 Å². The standard InChI is InChI=1S/C14H25N3O/c1-2-14(5-6-15-10-14)13(18)16-12-9-17-7-3-11(12)4-8-17/h11-12,15H,2-10H2,1H3,(H,16,18). The van der Waals surface area contributed by atoms with Crippen LogP contribution in [0.2, 0.25) is 0 Å². The van der Waals surface area contributed by atoms with E-state index in [1.807, 2.05) is 0 Å². The van der Waals surface area contributed by atoms with Crippen molar-refractivity contribution in [3.63, 3.8) is 0 Å². The maximum Gasteiger partial charge on any atom is 0.227 e. The molecule has 0 radical (unpaired) electrons. The summed E-state index contributed by atoms with van der Waals surface area (Å²) in [6, 6.07) is 0.407. The van der Waals surface area contributed by atoms with Crippen molar-refractivity contribution < 1.29 is 4.79 Å². The SMILES string of the molecule is CCC1(C(=O)NC2CN3CCC2CC3)CCNC1. The highest BCUT2D eigenvalue weighted by atomic mass is 16.2. The van der Waals surface area contributed by atoms with E-state index in [0.29, 0.717) is 11.9 Å². The molecule has 0 aliphatic carbocycles. The van der Waals surface area contributed by atoms with Gasteiger partial charge in [0.15, 0.2) is 0 Å². The fraction of sp³-hybridized carbons (Fsp3) is 0.929. The molecule has 1 amide bonds. The predicted molar refractivity (Wildman–Crippen MR) is 71.3 cm³/mol. The Morgan fingerprint density at radius 3 is 2.72 bits per heavy atom. The Balaban J connectivity index is 1.63. The van der Waals surface area contributed by atoms with Crippen LogP contribution in [0, 0.1) is 11.3 Å². The van der Waals surface area contributed by atoms with Crippen LogP contribution in [0.1, 0.15) is 32.6 Å². The molecule has 4 aliphatic heterocycles. The molecule has 0 aromatic rings. The summed E-state index contributed by atoms with van der Waals surface area (Å²) in [5.41, 5.74) is -0.133. The highest BCUT2D eigenvalue weighted by molar-refractivity contribution is 5.83. The molecule has 102 valence electrons. The van der Waals surface area contributed by atoms with E-state index in [1.165, 1.54) is 25.9 Å². The van der Waals surface area contributed by atoms with Gasteiger partial charge >= 0.3 is 0 Å². The summed E-state index contributed by atoms with van der Waals surface area (Å²) in [6.07, 6.45) is 4.48. The normalized spacial score (nSPS) is 43.1. The highest BCUT2D eigenvalue weighted by Crippen LogP contribution is 2.32. The molecule has 18 heavy (non-hydrogen) atoms. The van der Waals surface area contributed by atoms with E-state index in [9.17, 15) is 4.79 Å². The van der Waals surface area contributed by atoms with Gasteiger partial charge in [-0.2, -0.15) is 0 Å². The van der Waals surface area contributed by atoms with Gasteiger partial charge in [-0.1, -0.05) is 6.92 Å². The van der Waals surface area contributed by atoms with Crippen molar-refractivity contribution in [3.8, 4) is 0 Å². The van der Waals surface area contributed by atoms with Crippen LogP contribution < -0.4 is 10.6 Å². The van der Waals surface area contributed by atoms with Crippen molar-refractivity contribution >= 4 is 5.91 Å². The van der Waals surface area contributed by atoms with Gasteiger partial charge in [0, 0.05) is 19.1 Å². The predicted octanol–water partition coefficient (Wildman–Crippen LogP) is 0.587. The lowest BCUT2D eigenvalue weighted by Crippen LogP contribution is -2.59. The Hall–Kier alpha value is -0.610. The number of rotatable bonds is 3. The molecule has 4 fully saturated rings. The minimum Gasteiger partial charge on any atom is -0.351 e. The first-order valence-electron chi connectivity index (χ1n) is 7.47. The summed E-state index contributed by atoms with van der Waals surface area (Å²) < 4.78 is 0. The minimum absolute atomic E-state index is 0.133. The van der Waals surface area contributed by atoms with Crippen LogP contribution in [-0.2, 0) is 4.79 Å². The number of hydrogen-bond acceptors (Lipinski definition) is 3. The van der Waals surface area contributed by atoms with Crippen LogP contribution in [0.5, 0.6) is 0 Å². The number of fused-ring (bicyclic) bond motifs is 3. The third kappa shape index (κ3) is 2.05. The largest absolute Gasteiger partial charge is 0.351 e. The first-order chi connectivity index (χ1) is 8.73. The zero-order valence-corrected chi connectivity index (χ0v) is 11.4. The molecule has 4 rings (SSSR count). The first-order valence-corrected chi connectivity index (χ1v) is 7.47. The van der Waals surface area contributed by atoms with Gasteiger partial charge in [0.2, 0.25) is 5.91 Å². The van der Waals surface area contributed by atoms with E-state index in [-0.39, 0.29) is 5.41 Å². The fourth-order valence-electron chi connectivity index (χ4n) is 3.85. The summed E-state index contributed by atoms with van der Waals surface area (Å²) in [6.45, 7) is 7.53. The molecule has 4 aliphatic rings. The fourth-order valence-corrected chi connectivity index (χ4v) is 3.85. The quantitative estimate of drug-likeness (QED) is 0.771. The molecule has 0 aromatic heterocycles. The van der Waals surface area contributed by atoms with Gasteiger partial charge in [0.05, 0.1) is 5.41 Å². The van der Waals surface area contributed by atoms with E-state index in [1.54, 1.807) is 0 Å². The maximum atomic E-state index is 12.6. The number of hydrogen-bond donors (Lipinski definition) is 2. The number of carbonyl (C=O) groups excluding carboxylic acids is 1. The third-order valence-corrected chi connectivity index (χ3v) is 5.37. The van der Waals surface area contributed by atoms with Crippen LogP contribution in [0.4, 0.5) is 0 Å². The van der Waals surface area contributed by atoms with Crippen molar-refractivity contribution in [2.45, 2.75) is 38.6 Å². The number of carbonyl (C=O) groups is 1. The van der Waals surface area contributed by atoms with Gasteiger partial charge in [-0.15, -0.1) is 0 Å². The summed E-state index contributed by atoms with van der Waals surface area (Å²) in [4.78, 5) is 15.1. The second-order valence-corrected chi connectivity index (χ2v) is 6.28. The molecule has 2 N–H and O–H groups in total. The summed E-state index contributed by atoms with van der Waals surface area (Å²) in [5, 5.41) is 6.71. The average molecular weight is 251 g/mol. The van der Waals surface area contributed by atoms with Crippen molar-refractivity contribution in [1.29, 1.82) is 0 Å². The minimum atomic E-state index is -0.133. The Bertz CT molecular complexity index is 317. The van der Waals surface area contributed by atoms with Gasteiger partial charge in [-0.05, 0) is 51.2 Å². The van der Waals surface area contributed by atoms with Crippen molar-refractivity contribution in [1.82, 2.24) is 15.5 Å². The summed E-state index contributed by atoms with van der Waals surface area (Å²) >= 11 is 0. The molecule has 0 spiro atoms. The molecule has 2 unspecified atom stereocenters. The molecule has 4 saturated heterocycles. The van der Waals surface area contributed by atoms with Crippen LogP contribution >= 0.6 is 0 Å². The number of piperidine rings is 3. The molecule has 4 nitrogen and oxygen atoms in total. The lowest BCUT2D eigenvalue weighted by molar-refractivity contribution is -0.132. The van der Waals surface area contributed by atoms with E-state index < -0.39 is 0 Å². The number of amides is 1. The molecular weight excluding hydrogens is 226 g/mol. The number of nitrogens with zero attached hydrogens (tertiary/aromatic N) is 1. The summed E-state index contributed by atoms with van der Waals surface area (Å²) in [7, 11) is 0. The van der Waals surface area contributed by atoms with E-state index >= 15 is 0 Å². The molecule has 2 bridgehead atoms. The van der Waals surface area contributed by atoms with Crippen LogP contribution in [0.15, 0.2) is 0 Å². The smallest absolute Gasteiger partial charge is 0.227 e. The van der Waals surface area contributed by atoms with Crippen LogP contribution in [-0.4, -0.2) is 49.6 Å². The molecule has 2 atom stereocenters. The molecule has 0 saturated carbocycles. The van der Waals surface area contributed by atoms with Gasteiger partial charge in [-0.3, -0.25) is 4.79 Å². The molecule has 0 aromatic carbocycles. The first kappa shape index (κ1) is 12.4. The average Bonchev–Trinajstić information content (AvgIpc) is 2.90. The lowest BCUT2D eigenvalue weighted by atomic mass is 9.80. The lowest BCUT2D eigenvalue weighted by Gasteiger charge is -2.45. The highest BCUT2D eigenvalue weighted by Gasteiger charge is 2.42. The van der Waals surface area contributed by atoms with Crippen molar-refractivity contribution in [2.24, 2.45) is 11.3 Å². The Morgan fingerprint density at radius 2 is 2.22 bits per heavy atom. The summed E-state index contributed by atoms with van der Waals surface area (Å²) in [5.74, 6) is 1.02. The Labute approximate surface area is 109 Å². The van der Waals surface area contributed by atoms with Crippen molar-refractivity contribution in [3.05, 3.63) is 0 Å². The topological polar surface area (TPSA) is 44.4 Å². The zero-order valence-electron chi connectivity index (χ0n) is 11.4. The van der Waals surface area contributed by atoms with E-state index in [2.05, 4.69) is 22.5 Å². The maximum absolute atomic E-state index is 12.6. The van der Waals surface area contributed by atoms with Gasteiger partial charge in [-0.25, -0.2) is 0 Å². The second kappa shape index (κ2) is 4.82. The molecular formula is C14H25N3O. The van der Waals surface area contributed by atoms with Gasteiger partial charge < -0.3 is 15.5 Å². The van der Waals surface area contributed by atoms with Crippen molar-refractivity contribution in [2.75, 3.05) is 32.7 Å². The Kier molecular flexibility index (Phi) is 3.32. The van der Waals surface area contributed by atoms with Gasteiger partial charge in [0.1, 0.15) is 0 Å². The molecule has 4 heterocycles. The third-order valence-electron chi connectivity index (χ3n) is 5.37.